The zero-order valence-corrected chi connectivity index (χ0v) is 21.0. The molecule has 2 aromatic rings. The maximum absolute atomic E-state index is 13.8. The number of carbonyl (C=O) groups excluding carboxylic acids is 2. The summed E-state index contributed by atoms with van der Waals surface area (Å²) in [6.07, 6.45) is 2.16. The summed E-state index contributed by atoms with van der Waals surface area (Å²) in [5.74, 6) is 1.10. The molecule has 7 heteroatoms. The van der Waals surface area contributed by atoms with Gasteiger partial charge in [-0.25, -0.2) is 4.79 Å². The van der Waals surface area contributed by atoms with E-state index in [1.165, 1.54) is 10.5 Å². The lowest BCUT2D eigenvalue weighted by atomic mass is 9.73. The van der Waals surface area contributed by atoms with Gasteiger partial charge in [0.05, 0.1) is 20.3 Å². The molecule has 0 radical (unpaired) electrons. The zero-order chi connectivity index (χ0) is 24.8. The fourth-order valence-electron chi connectivity index (χ4n) is 5.56. The Morgan fingerprint density at radius 3 is 2.49 bits per heavy atom. The lowest BCUT2D eigenvalue weighted by molar-refractivity contribution is -0.134. The summed E-state index contributed by atoms with van der Waals surface area (Å²) in [7, 11) is 3.21. The topological polar surface area (TPSA) is 71.1 Å². The van der Waals surface area contributed by atoms with Gasteiger partial charge in [0, 0.05) is 20.1 Å². The molecule has 0 aromatic heterocycles. The summed E-state index contributed by atoms with van der Waals surface area (Å²) in [5, 5.41) is 3.14. The maximum Gasteiger partial charge on any atom is 0.325 e. The number of carbonyl (C=O) groups is 2. The molecular formula is C28H37N3O4. The number of hydrogen-bond acceptors (Lipinski definition) is 5. The Hall–Kier alpha value is -2.90. The number of likely N-dealkylation sites (tertiary alicyclic amines) is 1. The van der Waals surface area contributed by atoms with Crippen molar-refractivity contribution in [3.63, 3.8) is 0 Å². The second-order valence-corrected chi connectivity index (χ2v) is 9.77. The van der Waals surface area contributed by atoms with Gasteiger partial charge in [0.1, 0.15) is 11.3 Å². The molecule has 0 saturated carbocycles. The first-order valence-electron chi connectivity index (χ1n) is 12.5. The van der Waals surface area contributed by atoms with E-state index in [0.29, 0.717) is 18.9 Å². The Balaban J connectivity index is 1.51. The van der Waals surface area contributed by atoms with Gasteiger partial charge in [0.2, 0.25) is 0 Å². The number of hydrogen-bond donors (Lipinski definition) is 1. The molecule has 0 aliphatic carbocycles. The van der Waals surface area contributed by atoms with Gasteiger partial charge in [-0.3, -0.25) is 9.69 Å². The molecule has 2 heterocycles. The largest absolute Gasteiger partial charge is 0.497 e. The Labute approximate surface area is 208 Å². The highest BCUT2D eigenvalue weighted by molar-refractivity contribution is 6.07. The van der Waals surface area contributed by atoms with Crippen molar-refractivity contribution in [2.75, 3.05) is 47.0 Å². The van der Waals surface area contributed by atoms with Crippen LogP contribution in [0, 0.1) is 5.92 Å². The quantitative estimate of drug-likeness (QED) is 0.527. The average Bonchev–Trinajstić information content (AvgIpc) is 3.12. The molecule has 2 saturated heterocycles. The minimum Gasteiger partial charge on any atom is -0.497 e. The van der Waals surface area contributed by atoms with Gasteiger partial charge in [-0.1, -0.05) is 49.4 Å². The van der Waals surface area contributed by atoms with Crippen molar-refractivity contribution < 1.29 is 19.1 Å². The van der Waals surface area contributed by atoms with Gasteiger partial charge >= 0.3 is 6.03 Å². The molecule has 188 valence electrons. The highest BCUT2D eigenvalue weighted by atomic mass is 16.5. The predicted octanol–water partition coefficient (Wildman–Crippen LogP) is 3.69. The van der Waals surface area contributed by atoms with Crippen LogP contribution in [0.1, 0.15) is 36.8 Å². The first-order chi connectivity index (χ1) is 17.0. The van der Waals surface area contributed by atoms with Crippen molar-refractivity contribution in [2.24, 2.45) is 5.92 Å². The van der Waals surface area contributed by atoms with Crippen LogP contribution in [0.2, 0.25) is 0 Å². The van der Waals surface area contributed by atoms with Gasteiger partial charge < -0.3 is 19.7 Å². The van der Waals surface area contributed by atoms with Crippen molar-refractivity contribution in [1.29, 1.82) is 0 Å². The van der Waals surface area contributed by atoms with E-state index in [-0.39, 0.29) is 24.4 Å². The molecular weight excluding hydrogens is 442 g/mol. The lowest BCUT2D eigenvalue weighted by Crippen LogP contribution is -2.57. The van der Waals surface area contributed by atoms with Crippen LogP contribution in [-0.2, 0) is 16.0 Å². The first-order valence-corrected chi connectivity index (χ1v) is 12.5. The van der Waals surface area contributed by atoms with E-state index < -0.39 is 5.54 Å². The highest BCUT2D eigenvalue weighted by Crippen LogP contribution is 2.37. The van der Waals surface area contributed by atoms with Crippen LogP contribution in [0.5, 0.6) is 5.75 Å². The van der Waals surface area contributed by atoms with Gasteiger partial charge in [0.15, 0.2) is 0 Å². The monoisotopic (exact) mass is 479 g/mol. The third-order valence-electron chi connectivity index (χ3n) is 7.52. The zero-order valence-electron chi connectivity index (χ0n) is 21.0. The number of imide groups is 1. The van der Waals surface area contributed by atoms with Crippen molar-refractivity contribution in [3.8, 4) is 5.75 Å². The van der Waals surface area contributed by atoms with Crippen LogP contribution in [0.25, 0.3) is 0 Å². The third-order valence-corrected chi connectivity index (χ3v) is 7.52. The molecule has 1 N–H and O–H groups in total. The van der Waals surface area contributed by atoms with E-state index >= 15 is 0 Å². The van der Waals surface area contributed by atoms with E-state index in [1.54, 1.807) is 14.2 Å². The Bertz CT molecular complexity index is 1010. The van der Waals surface area contributed by atoms with Crippen molar-refractivity contribution in [1.82, 2.24) is 15.1 Å². The molecule has 0 bridgehead atoms. The molecule has 2 aromatic carbocycles. The standard InChI is InChI=1S/C28H37N3O4/c1-21(23-9-5-4-6-10-23)20-30-14-12-24(13-15-30)28(19-22-8-7-11-25(18-22)35-3)26(32)31(16-17-34-2)27(33)29-28/h4-11,18,21,24H,12-17,19-20H2,1-3H3,(H,29,33). The van der Waals surface area contributed by atoms with E-state index in [2.05, 4.69) is 41.4 Å². The number of ether oxygens (including phenoxy) is 2. The number of nitrogens with zero attached hydrogens (tertiary/aromatic N) is 2. The molecule has 2 aliphatic heterocycles. The summed E-state index contributed by atoms with van der Waals surface area (Å²) in [6, 6.07) is 18.0. The Kier molecular flexibility index (Phi) is 8.08. The van der Waals surface area contributed by atoms with Gasteiger partial charge in [-0.15, -0.1) is 0 Å². The van der Waals surface area contributed by atoms with E-state index in [9.17, 15) is 9.59 Å². The molecule has 4 rings (SSSR count). The third kappa shape index (κ3) is 5.52. The Morgan fingerprint density at radius 2 is 1.80 bits per heavy atom. The van der Waals surface area contributed by atoms with Crippen LogP contribution in [0.15, 0.2) is 54.6 Å². The van der Waals surface area contributed by atoms with Crippen LogP contribution in [0.4, 0.5) is 4.79 Å². The fraction of sp³-hybridized carbons (Fsp3) is 0.500. The normalized spacial score (nSPS) is 22.3. The highest BCUT2D eigenvalue weighted by Gasteiger charge is 2.55. The Morgan fingerprint density at radius 1 is 1.06 bits per heavy atom. The molecule has 2 atom stereocenters. The number of rotatable bonds is 10. The summed E-state index contributed by atoms with van der Waals surface area (Å²) in [4.78, 5) is 30.5. The summed E-state index contributed by atoms with van der Waals surface area (Å²) in [6.45, 7) is 5.64. The van der Waals surface area contributed by atoms with Crippen LogP contribution >= 0.6 is 0 Å². The van der Waals surface area contributed by atoms with Gasteiger partial charge in [-0.05, 0) is 61.0 Å². The second kappa shape index (κ2) is 11.2. The van der Waals surface area contributed by atoms with Crippen molar-refractivity contribution in [2.45, 2.75) is 37.6 Å². The van der Waals surface area contributed by atoms with Gasteiger partial charge in [-0.2, -0.15) is 0 Å². The minimum absolute atomic E-state index is 0.0565. The summed E-state index contributed by atoms with van der Waals surface area (Å²) < 4.78 is 10.6. The van der Waals surface area contributed by atoms with E-state index in [4.69, 9.17) is 9.47 Å². The molecule has 0 spiro atoms. The first kappa shape index (κ1) is 25.2. The number of methoxy groups -OCH3 is 2. The minimum atomic E-state index is -0.950. The number of benzene rings is 2. The molecule has 2 aliphatic rings. The van der Waals surface area contributed by atoms with Crippen LogP contribution in [0.3, 0.4) is 0 Å². The smallest absolute Gasteiger partial charge is 0.325 e. The van der Waals surface area contributed by atoms with Crippen molar-refractivity contribution in [3.05, 3.63) is 65.7 Å². The van der Waals surface area contributed by atoms with E-state index in [1.807, 2.05) is 30.3 Å². The number of nitrogens with one attached hydrogen (secondary N) is 1. The predicted molar refractivity (Wildman–Crippen MR) is 136 cm³/mol. The number of urea groups is 1. The van der Waals surface area contributed by atoms with Crippen molar-refractivity contribution >= 4 is 11.9 Å². The van der Waals surface area contributed by atoms with Crippen LogP contribution < -0.4 is 10.1 Å². The maximum atomic E-state index is 13.8. The fourth-order valence-corrected chi connectivity index (χ4v) is 5.56. The SMILES string of the molecule is COCCN1C(=O)NC(Cc2cccc(OC)c2)(C2CCN(CC(C)c3ccccc3)CC2)C1=O. The number of piperidine rings is 1. The van der Waals surface area contributed by atoms with Crippen LogP contribution in [-0.4, -0.2) is 74.3 Å². The number of amides is 3. The summed E-state index contributed by atoms with van der Waals surface area (Å²) >= 11 is 0. The average molecular weight is 480 g/mol. The van der Waals surface area contributed by atoms with Gasteiger partial charge in [0.25, 0.3) is 5.91 Å². The lowest BCUT2D eigenvalue weighted by Gasteiger charge is -2.41. The molecule has 35 heavy (non-hydrogen) atoms. The molecule has 2 unspecified atom stereocenters. The molecule has 3 amide bonds. The van der Waals surface area contributed by atoms with E-state index in [0.717, 1.165) is 43.8 Å². The molecule has 7 nitrogen and oxygen atoms in total. The molecule has 2 fully saturated rings. The second-order valence-electron chi connectivity index (χ2n) is 9.77. The summed E-state index contributed by atoms with van der Waals surface area (Å²) in [5.41, 5.74) is 1.37.